The molecule has 9 nitrogen and oxygen atoms in total. The van der Waals surface area contributed by atoms with Crippen molar-refractivity contribution < 1.29 is 42.1 Å². The number of benzene rings is 2. The molecule has 1 atom stereocenters. The number of nitrogens with two attached hydrogens (primary N) is 1. The maximum absolute atomic E-state index is 14.9. The predicted molar refractivity (Wildman–Crippen MR) is 116 cm³/mol. The van der Waals surface area contributed by atoms with Crippen molar-refractivity contribution in [1.29, 1.82) is 0 Å². The molecule has 2 aliphatic rings. The molecule has 0 aromatic heterocycles. The van der Waals surface area contributed by atoms with Gasteiger partial charge in [-0.25, -0.2) is 23.3 Å². The zero-order chi connectivity index (χ0) is 25.2. The maximum Gasteiger partial charge on any atom is 0.348 e. The van der Waals surface area contributed by atoms with Crippen LogP contribution in [0.3, 0.4) is 0 Å². The predicted octanol–water partition coefficient (Wildman–Crippen LogP) is 2.31. The number of primary amides is 1. The van der Waals surface area contributed by atoms with Crippen molar-refractivity contribution in [1.82, 2.24) is 4.90 Å². The number of amides is 1. The Kier molecular flexibility index (Phi) is 6.70. The molecule has 2 N–H and O–H groups in total. The summed E-state index contributed by atoms with van der Waals surface area (Å²) in [7, 11) is 1.39. The average molecular weight is 488 g/mol. The lowest BCUT2D eigenvalue weighted by atomic mass is 10.1. The molecule has 1 fully saturated rings. The van der Waals surface area contributed by atoms with Crippen LogP contribution in [0.25, 0.3) is 0 Å². The Labute approximate surface area is 199 Å². The Hall–Kier alpha value is -3.99. The second-order valence-corrected chi connectivity index (χ2v) is 7.98. The van der Waals surface area contributed by atoms with Gasteiger partial charge in [-0.05, 0) is 30.2 Å². The van der Waals surface area contributed by atoms with Gasteiger partial charge in [-0.15, -0.1) is 0 Å². The van der Waals surface area contributed by atoms with Gasteiger partial charge in [0.25, 0.3) is 5.91 Å². The van der Waals surface area contributed by atoms with Gasteiger partial charge in [-0.3, -0.25) is 4.79 Å². The van der Waals surface area contributed by atoms with Crippen LogP contribution in [0, 0.1) is 11.6 Å². The topological polar surface area (TPSA) is 117 Å². The van der Waals surface area contributed by atoms with Crippen molar-refractivity contribution in [2.24, 2.45) is 5.73 Å². The first-order chi connectivity index (χ1) is 16.7. The van der Waals surface area contributed by atoms with E-state index in [1.54, 1.807) is 6.07 Å². The number of hydrogen-bond donors (Lipinski definition) is 1. The average Bonchev–Trinajstić information content (AvgIpc) is 3.10. The minimum atomic E-state index is -1.78. The molecule has 4 rings (SSSR count). The summed E-state index contributed by atoms with van der Waals surface area (Å²) in [6.45, 7) is 0.263. The van der Waals surface area contributed by atoms with E-state index in [9.17, 15) is 23.2 Å². The van der Waals surface area contributed by atoms with Crippen LogP contribution in [0.5, 0.6) is 11.5 Å². The largest absolute Gasteiger partial charge is 0.496 e. The van der Waals surface area contributed by atoms with E-state index in [2.05, 4.69) is 0 Å². The lowest BCUT2D eigenvalue weighted by molar-refractivity contribution is -0.271. The van der Waals surface area contributed by atoms with Crippen LogP contribution in [-0.2, 0) is 37.0 Å². The third-order valence-corrected chi connectivity index (χ3v) is 5.64. The molecule has 11 heteroatoms. The van der Waals surface area contributed by atoms with Gasteiger partial charge in [-0.2, -0.15) is 0 Å². The summed E-state index contributed by atoms with van der Waals surface area (Å²) >= 11 is 0. The highest BCUT2D eigenvalue weighted by molar-refractivity contribution is 6.19. The number of carbonyl (C=O) groups excluding carboxylic acids is 3. The summed E-state index contributed by atoms with van der Waals surface area (Å²) in [6, 6.07) is 8.29. The summed E-state index contributed by atoms with van der Waals surface area (Å²) < 4.78 is 50.0. The first-order valence-electron chi connectivity index (χ1n) is 10.7. The third-order valence-electron chi connectivity index (χ3n) is 5.64. The highest BCUT2D eigenvalue weighted by Crippen LogP contribution is 2.38. The SMILES string of the molecule is COc1cc(OCc2cccc(F)c2)c(F)cc1CN1CCC[C@@]12OC(=O)C=C(C(N)=O)C(=O)O2. The Morgan fingerprint density at radius 3 is 2.69 bits per heavy atom. The second-order valence-electron chi connectivity index (χ2n) is 7.98. The van der Waals surface area contributed by atoms with Gasteiger partial charge in [-0.1, -0.05) is 12.1 Å². The van der Waals surface area contributed by atoms with E-state index in [-0.39, 0.29) is 31.1 Å². The molecule has 0 aliphatic carbocycles. The number of halogens is 2. The van der Waals surface area contributed by atoms with E-state index in [0.717, 1.165) is 0 Å². The van der Waals surface area contributed by atoms with Gasteiger partial charge < -0.3 is 24.7 Å². The van der Waals surface area contributed by atoms with Crippen LogP contribution in [0.1, 0.15) is 24.0 Å². The molecule has 2 aromatic rings. The molecule has 0 radical (unpaired) electrons. The molecule has 1 amide bonds. The first-order valence-corrected chi connectivity index (χ1v) is 10.7. The lowest BCUT2D eigenvalue weighted by Gasteiger charge is -2.35. The van der Waals surface area contributed by atoms with E-state index in [0.29, 0.717) is 30.2 Å². The van der Waals surface area contributed by atoms with Gasteiger partial charge in [0.05, 0.1) is 7.11 Å². The molecular weight excluding hydrogens is 466 g/mol. The number of nitrogens with zero attached hydrogens (tertiary/aromatic N) is 1. The van der Waals surface area contributed by atoms with Crippen molar-refractivity contribution in [2.45, 2.75) is 31.9 Å². The number of carbonyl (C=O) groups is 3. The van der Waals surface area contributed by atoms with Crippen molar-refractivity contribution in [3.63, 3.8) is 0 Å². The van der Waals surface area contributed by atoms with Crippen LogP contribution in [-0.4, -0.2) is 42.3 Å². The second kappa shape index (κ2) is 9.71. The number of rotatable bonds is 7. The van der Waals surface area contributed by atoms with E-state index in [1.165, 1.54) is 42.3 Å². The molecule has 1 spiro atoms. The quantitative estimate of drug-likeness (QED) is 0.466. The van der Waals surface area contributed by atoms with Crippen molar-refractivity contribution in [3.05, 3.63) is 70.8 Å². The number of hydrogen-bond acceptors (Lipinski definition) is 8. The Balaban J connectivity index is 1.55. The third kappa shape index (κ3) is 5.09. The first kappa shape index (κ1) is 24.1. The molecule has 2 aromatic carbocycles. The minimum absolute atomic E-state index is 0.0171. The molecule has 0 saturated carbocycles. The Bertz CT molecular complexity index is 1220. The van der Waals surface area contributed by atoms with E-state index in [4.69, 9.17) is 24.7 Å². The zero-order valence-electron chi connectivity index (χ0n) is 18.7. The monoisotopic (exact) mass is 488 g/mol. The Morgan fingerprint density at radius 1 is 1.17 bits per heavy atom. The summed E-state index contributed by atoms with van der Waals surface area (Å²) in [5, 5.41) is 0. The fraction of sp³-hybridized carbons (Fsp3) is 0.292. The summed E-state index contributed by atoms with van der Waals surface area (Å²) in [5.74, 6) is -5.92. The van der Waals surface area contributed by atoms with Gasteiger partial charge in [0.15, 0.2) is 11.6 Å². The van der Waals surface area contributed by atoms with Crippen LogP contribution in [0.2, 0.25) is 0 Å². The normalized spacial score (nSPS) is 20.1. The van der Waals surface area contributed by atoms with E-state index >= 15 is 0 Å². The number of ether oxygens (including phenoxy) is 4. The molecule has 2 aliphatic heterocycles. The number of likely N-dealkylation sites (tertiary alicyclic amines) is 1. The number of esters is 2. The Morgan fingerprint density at radius 2 is 1.97 bits per heavy atom. The smallest absolute Gasteiger partial charge is 0.348 e. The van der Waals surface area contributed by atoms with Gasteiger partial charge in [0, 0.05) is 37.2 Å². The summed E-state index contributed by atoms with van der Waals surface area (Å²) in [6.07, 6.45) is 1.33. The van der Waals surface area contributed by atoms with E-state index in [1.807, 2.05) is 0 Å². The van der Waals surface area contributed by atoms with Gasteiger partial charge in [0.1, 0.15) is 23.7 Å². The highest BCUT2D eigenvalue weighted by atomic mass is 19.1. The molecule has 0 unspecified atom stereocenters. The van der Waals surface area contributed by atoms with Crippen LogP contribution >= 0.6 is 0 Å². The molecule has 0 bridgehead atoms. The highest BCUT2D eigenvalue weighted by Gasteiger charge is 2.51. The molecule has 184 valence electrons. The zero-order valence-corrected chi connectivity index (χ0v) is 18.7. The van der Waals surface area contributed by atoms with Crippen LogP contribution < -0.4 is 15.2 Å². The van der Waals surface area contributed by atoms with Crippen LogP contribution in [0.4, 0.5) is 8.78 Å². The van der Waals surface area contributed by atoms with Crippen molar-refractivity contribution >= 4 is 17.8 Å². The van der Waals surface area contributed by atoms with Crippen molar-refractivity contribution in [3.8, 4) is 11.5 Å². The molecule has 35 heavy (non-hydrogen) atoms. The van der Waals surface area contributed by atoms with Gasteiger partial charge in [0.2, 0.25) is 0 Å². The van der Waals surface area contributed by atoms with Crippen LogP contribution in [0.15, 0.2) is 48.0 Å². The standard InChI is InChI=1S/C24H22F2N2O7/c1-32-19-11-20(33-13-14-4-2-5-16(25)8-14)18(26)9-15(19)12-28-7-3-6-24(28)34-21(29)10-17(22(27)30)23(31)35-24/h2,4-5,8-11H,3,6-7,12-13H2,1H3,(H2,27,30)/t24-/m0/s1. The number of methoxy groups -OCH3 is 1. The lowest BCUT2D eigenvalue weighted by Crippen LogP contribution is -2.49. The fourth-order valence-corrected chi connectivity index (χ4v) is 4.00. The fourth-order valence-electron chi connectivity index (χ4n) is 4.00. The summed E-state index contributed by atoms with van der Waals surface area (Å²) in [5.41, 5.74) is 5.42. The van der Waals surface area contributed by atoms with Gasteiger partial charge >= 0.3 is 17.8 Å². The summed E-state index contributed by atoms with van der Waals surface area (Å²) in [4.78, 5) is 37.7. The minimum Gasteiger partial charge on any atom is -0.496 e. The molecular formula is C24H22F2N2O7. The molecule has 1 saturated heterocycles. The molecule has 2 heterocycles. The van der Waals surface area contributed by atoms with E-state index < -0.39 is 41.0 Å². The van der Waals surface area contributed by atoms with Crippen molar-refractivity contribution in [2.75, 3.05) is 13.7 Å². The maximum atomic E-state index is 14.9.